The molecule has 0 saturated heterocycles. The molecule has 2 saturated carbocycles. The summed E-state index contributed by atoms with van der Waals surface area (Å²) in [4.78, 5) is 0. The van der Waals surface area contributed by atoms with Gasteiger partial charge in [0.1, 0.15) is 0 Å². The van der Waals surface area contributed by atoms with Crippen molar-refractivity contribution < 1.29 is 9.84 Å². The average Bonchev–Trinajstić information content (AvgIpc) is 2.57. The van der Waals surface area contributed by atoms with Crippen molar-refractivity contribution in [2.45, 2.75) is 50.3 Å². The Balaban J connectivity index is 1.70. The lowest BCUT2D eigenvalue weighted by molar-refractivity contribution is 0.0117. The summed E-state index contributed by atoms with van der Waals surface area (Å²) in [7, 11) is 1.78. The van der Waals surface area contributed by atoms with Crippen molar-refractivity contribution in [2.75, 3.05) is 13.7 Å². The van der Waals surface area contributed by atoms with Gasteiger partial charge in [-0.15, -0.1) is 0 Å². The Kier molecular flexibility index (Phi) is 3.42. The molecule has 0 aromatic rings. The van der Waals surface area contributed by atoms with Crippen molar-refractivity contribution in [3.63, 3.8) is 0 Å². The average molecular weight is 199 g/mol. The molecule has 2 atom stereocenters. The lowest BCUT2D eigenvalue weighted by Gasteiger charge is -2.37. The second kappa shape index (κ2) is 4.60. The first-order valence-electron chi connectivity index (χ1n) is 5.73. The van der Waals surface area contributed by atoms with E-state index in [-0.39, 0.29) is 0 Å². The molecule has 3 nitrogen and oxygen atoms in total. The van der Waals surface area contributed by atoms with Crippen LogP contribution in [-0.2, 0) is 4.74 Å². The van der Waals surface area contributed by atoms with Gasteiger partial charge in [-0.1, -0.05) is 6.42 Å². The maximum absolute atomic E-state index is 9.17. The minimum atomic E-state index is 0.345. The molecule has 0 radical (unpaired) electrons. The number of aliphatic hydroxyl groups excluding tert-OH is 1. The van der Waals surface area contributed by atoms with Crippen molar-refractivity contribution in [2.24, 2.45) is 5.92 Å². The maximum Gasteiger partial charge on any atom is 0.0601 e. The van der Waals surface area contributed by atoms with Crippen LogP contribution in [0.5, 0.6) is 0 Å². The lowest BCUT2D eigenvalue weighted by atomic mass is 9.88. The van der Waals surface area contributed by atoms with E-state index in [9.17, 15) is 5.11 Å². The van der Waals surface area contributed by atoms with E-state index in [0.29, 0.717) is 30.7 Å². The molecule has 0 aromatic carbocycles. The minimum absolute atomic E-state index is 0.345. The van der Waals surface area contributed by atoms with Gasteiger partial charge in [0.25, 0.3) is 0 Å². The molecule has 0 amide bonds. The van der Waals surface area contributed by atoms with Gasteiger partial charge in [-0.25, -0.2) is 0 Å². The van der Waals surface area contributed by atoms with Crippen LogP contribution >= 0.6 is 0 Å². The Morgan fingerprint density at radius 2 is 2.14 bits per heavy atom. The second-order valence-electron chi connectivity index (χ2n) is 4.67. The van der Waals surface area contributed by atoms with Crippen molar-refractivity contribution in [3.05, 3.63) is 0 Å². The molecule has 0 heterocycles. The predicted molar refractivity (Wildman–Crippen MR) is 55.2 cm³/mol. The SMILES string of the molecule is COC1CC(NC2CCCC2CO)C1. The second-order valence-corrected chi connectivity index (χ2v) is 4.67. The molecule has 14 heavy (non-hydrogen) atoms. The summed E-state index contributed by atoms with van der Waals surface area (Å²) in [6.07, 6.45) is 6.45. The first kappa shape index (κ1) is 10.4. The first-order valence-corrected chi connectivity index (χ1v) is 5.73. The van der Waals surface area contributed by atoms with E-state index < -0.39 is 0 Å². The molecule has 0 spiro atoms. The van der Waals surface area contributed by atoms with Crippen LogP contribution in [0, 0.1) is 5.92 Å². The summed E-state index contributed by atoms with van der Waals surface area (Å²) in [6.45, 7) is 0.345. The number of hydrogen-bond donors (Lipinski definition) is 2. The number of rotatable bonds is 4. The van der Waals surface area contributed by atoms with Gasteiger partial charge in [0.15, 0.2) is 0 Å². The van der Waals surface area contributed by atoms with Gasteiger partial charge in [-0.05, 0) is 31.6 Å². The highest BCUT2D eigenvalue weighted by Gasteiger charge is 2.34. The fourth-order valence-corrected chi connectivity index (χ4v) is 2.67. The number of aliphatic hydroxyl groups is 1. The number of methoxy groups -OCH3 is 1. The van der Waals surface area contributed by atoms with Gasteiger partial charge < -0.3 is 15.2 Å². The van der Waals surface area contributed by atoms with E-state index >= 15 is 0 Å². The van der Waals surface area contributed by atoms with Gasteiger partial charge in [0.05, 0.1) is 6.10 Å². The molecule has 2 N–H and O–H groups in total. The van der Waals surface area contributed by atoms with Crippen LogP contribution in [-0.4, -0.2) is 37.0 Å². The Morgan fingerprint density at radius 1 is 1.36 bits per heavy atom. The van der Waals surface area contributed by atoms with Crippen molar-refractivity contribution >= 4 is 0 Å². The van der Waals surface area contributed by atoms with Crippen molar-refractivity contribution in [1.82, 2.24) is 5.32 Å². The summed E-state index contributed by atoms with van der Waals surface area (Å²) in [5.41, 5.74) is 0. The molecule has 2 aliphatic carbocycles. The standard InChI is InChI=1S/C11H21NO2/c1-14-10-5-9(6-10)12-11-4-2-3-8(11)7-13/h8-13H,2-7H2,1H3. The van der Waals surface area contributed by atoms with Crippen LogP contribution in [0.15, 0.2) is 0 Å². The third-order valence-electron chi connectivity index (χ3n) is 3.77. The van der Waals surface area contributed by atoms with Gasteiger partial charge in [0.2, 0.25) is 0 Å². The van der Waals surface area contributed by atoms with Crippen LogP contribution in [0.1, 0.15) is 32.1 Å². The monoisotopic (exact) mass is 199 g/mol. The summed E-state index contributed by atoms with van der Waals surface area (Å²) >= 11 is 0. The quantitative estimate of drug-likeness (QED) is 0.707. The van der Waals surface area contributed by atoms with E-state index in [2.05, 4.69) is 5.32 Å². The molecule has 82 valence electrons. The van der Waals surface area contributed by atoms with Gasteiger partial charge in [0, 0.05) is 25.8 Å². The number of hydrogen-bond acceptors (Lipinski definition) is 3. The van der Waals surface area contributed by atoms with Crippen molar-refractivity contribution in [3.8, 4) is 0 Å². The highest BCUT2D eigenvalue weighted by atomic mass is 16.5. The van der Waals surface area contributed by atoms with Crippen molar-refractivity contribution in [1.29, 1.82) is 0 Å². The first-order chi connectivity index (χ1) is 6.83. The Morgan fingerprint density at radius 3 is 2.79 bits per heavy atom. The molecule has 3 heteroatoms. The molecular weight excluding hydrogens is 178 g/mol. The van der Waals surface area contributed by atoms with E-state index in [4.69, 9.17) is 4.74 Å². The fourth-order valence-electron chi connectivity index (χ4n) is 2.67. The number of ether oxygens (including phenoxy) is 1. The van der Waals surface area contributed by atoms with E-state index in [1.54, 1.807) is 7.11 Å². The summed E-state index contributed by atoms with van der Waals surface area (Å²) in [5, 5.41) is 12.8. The molecule has 2 aliphatic rings. The summed E-state index contributed by atoms with van der Waals surface area (Å²) in [6, 6.07) is 1.19. The van der Waals surface area contributed by atoms with E-state index in [0.717, 1.165) is 12.8 Å². The zero-order chi connectivity index (χ0) is 9.97. The van der Waals surface area contributed by atoms with E-state index in [1.807, 2.05) is 0 Å². The summed E-state index contributed by atoms with van der Waals surface area (Å²) < 4.78 is 5.24. The van der Waals surface area contributed by atoms with Crippen LogP contribution in [0.3, 0.4) is 0 Å². The molecule has 0 aromatic heterocycles. The molecule has 0 aliphatic heterocycles. The van der Waals surface area contributed by atoms with Crippen LogP contribution in [0.4, 0.5) is 0 Å². The largest absolute Gasteiger partial charge is 0.396 e. The summed E-state index contributed by atoms with van der Waals surface area (Å²) in [5.74, 6) is 0.497. The zero-order valence-corrected chi connectivity index (χ0v) is 8.91. The molecule has 0 bridgehead atoms. The Hall–Kier alpha value is -0.120. The molecular formula is C11H21NO2. The van der Waals surface area contributed by atoms with Crippen LogP contribution in [0.25, 0.3) is 0 Å². The molecule has 2 rings (SSSR count). The third-order valence-corrected chi connectivity index (χ3v) is 3.77. The fraction of sp³-hybridized carbons (Fsp3) is 1.00. The normalized spacial score (nSPS) is 42.4. The van der Waals surface area contributed by atoms with E-state index in [1.165, 1.54) is 19.3 Å². The molecule has 2 unspecified atom stereocenters. The lowest BCUT2D eigenvalue weighted by Crippen LogP contribution is -2.50. The van der Waals surface area contributed by atoms with Gasteiger partial charge >= 0.3 is 0 Å². The topological polar surface area (TPSA) is 41.5 Å². The highest BCUT2D eigenvalue weighted by Crippen LogP contribution is 2.29. The predicted octanol–water partition coefficient (Wildman–Crippen LogP) is 0.914. The third kappa shape index (κ3) is 2.10. The molecule has 2 fully saturated rings. The Bertz CT molecular complexity index is 180. The maximum atomic E-state index is 9.17. The smallest absolute Gasteiger partial charge is 0.0601 e. The Labute approximate surface area is 85.8 Å². The minimum Gasteiger partial charge on any atom is -0.396 e. The van der Waals surface area contributed by atoms with Crippen LogP contribution < -0.4 is 5.32 Å². The van der Waals surface area contributed by atoms with Gasteiger partial charge in [-0.3, -0.25) is 0 Å². The van der Waals surface area contributed by atoms with Crippen LogP contribution in [0.2, 0.25) is 0 Å². The highest BCUT2D eigenvalue weighted by molar-refractivity contribution is 4.92. The zero-order valence-electron chi connectivity index (χ0n) is 8.91. The van der Waals surface area contributed by atoms with Gasteiger partial charge in [-0.2, -0.15) is 0 Å². The number of nitrogens with one attached hydrogen (secondary N) is 1.